The summed E-state index contributed by atoms with van der Waals surface area (Å²) in [5.41, 5.74) is -0.0473. The van der Waals surface area contributed by atoms with Crippen LogP contribution in [0.4, 0.5) is 0 Å². The Balaban J connectivity index is 4.01. The molecular weight excluding hydrogens is 220 g/mol. The van der Waals surface area contributed by atoms with Gasteiger partial charge in [0.1, 0.15) is 6.04 Å². The summed E-state index contributed by atoms with van der Waals surface area (Å²) < 4.78 is 0. The maximum Gasteiger partial charge on any atom is 0.242 e. The Morgan fingerprint density at radius 1 is 1.35 bits per heavy atom. The van der Waals surface area contributed by atoms with Gasteiger partial charge in [-0.25, -0.2) is 0 Å². The van der Waals surface area contributed by atoms with Crippen LogP contribution in [0.2, 0.25) is 0 Å². The molecule has 0 aromatic rings. The standard InChI is InChI=1S/C12H24N2O3/c1-9(14-10(2)16)11(17)13-8-12(3,4)6-5-7-15/h9,15H,5-8H2,1-4H3,(H,13,17)(H,14,16). The monoisotopic (exact) mass is 244 g/mol. The summed E-state index contributed by atoms with van der Waals surface area (Å²) in [6, 6.07) is -0.513. The van der Waals surface area contributed by atoms with Crippen molar-refractivity contribution < 1.29 is 14.7 Å². The summed E-state index contributed by atoms with van der Waals surface area (Å²) in [7, 11) is 0. The number of carbonyl (C=O) groups excluding carboxylic acids is 2. The van der Waals surface area contributed by atoms with Gasteiger partial charge in [-0.1, -0.05) is 13.8 Å². The molecule has 0 aliphatic rings. The van der Waals surface area contributed by atoms with Crippen LogP contribution in [0.15, 0.2) is 0 Å². The third kappa shape index (κ3) is 7.74. The fourth-order valence-electron chi connectivity index (χ4n) is 1.50. The summed E-state index contributed by atoms with van der Waals surface area (Å²) in [5, 5.41) is 14.1. The number of nitrogens with one attached hydrogen (secondary N) is 2. The Kier molecular flexibility index (Phi) is 6.80. The van der Waals surface area contributed by atoms with Crippen molar-refractivity contribution in [3.8, 4) is 0 Å². The van der Waals surface area contributed by atoms with Crippen molar-refractivity contribution in [2.24, 2.45) is 5.41 Å². The molecule has 1 unspecified atom stereocenters. The Morgan fingerprint density at radius 3 is 2.41 bits per heavy atom. The number of carbonyl (C=O) groups is 2. The van der Waals surface area contributed by atoms with Crippen LogP contribution in [-0.4, -0.2) is 36.1 Å². The molecule has 3 N–H and O–H groups in total. The van der Waals surface area contributed by atoms with Gasteiger partial charge < -0.3 is 15.7 Å². The lowest BCUT2D eigenvalue weighted by molar-refractivity contribution is -0.127. The molecule has 0 spiro atoms. The zero-order valence-electron chi connectivity index (χ0n) is 11.2. The van der Waals surface area contributed by atoms with E-state index in [0.717, 1.165) is 12.8 Å². The van der Waals surface area contributed by atoms with E-state index in [1.807, 2.05) is 13.8 Å². The quantitative estimate of drug-likeness (QED) is 0.607. The average molecular weight is 244 g/mol. The number of aliphatic hydroxyl groups excluding tert-OH is 1. The van der Waals surface area contributed by atoms with Crippen molar-refractivity contribution in [3.63, 3.8) is 0 Å². The van der Waals surface area contributed by atoms with Crippen LogP contribution in [0, 0.1) is 5.41 Å². The SMILES string of the molecule is CC(=O)NC(C)C(=O)NCC(C)(C)CCCO. The summed E-state index contributed by atoms with van der Waals surface area (Å²) in [4.78, 5) is 22.4. The second kappa shape index (κ2) is 7.27. The number of rotatable bonds is 7. The van der Waals surface area contributed by atoms with Crippen molar-refractivity contribution in [3.05, 3.63) is 0 Å². The highest BCUT2D eigenvalue weighted by Crippen LogP contribution is 2.20. The lowest BCUT2D eigenvalue weighted by atomic mass is 9.88. The molecule has 100 valence electrons. The Labute approximate surface area is 103 Å². The van der Waals surface area contributed by atoms with Gasteiger partial charge in [0.25, 0.3) is 0 Å². The molecule has 0 aliphatic carbocycles. The van der Waals surface area contributed by atoms with E-state index in [2.05, 4.69) is 10.6 Å². The lowest BCUT2D eigenvalue weighted by Crippen LogP contribution is -2.46. The normalized spacial score (nSPS) is 13.0. The first-order chi connectivity index (χ1) is 7.78. The predicted octanol–water partition coefficient (Wildman–Crippen LogP) is 0.426. The third-order valence-electron chi connectivity index (χ3n) is 2.57. The number of amides is 2. The van der Waals surface area contributed by atoms with Gasteiger partial charge >= 0.3 is 0 Å². The van der Waals surface area contributed by atoms with Gasteiger partial charge in [-0.15, -0.1) is 0 Å². The van der Waals surface area contributed by atoms with Crippen molar-refractivity contribution >= 4 is 11.8 Å². The van der Waals surface area contributed by atoms with Gasteiger partial charge in [0.2, 0.25) is 11.8 Å². The zero-order valence-corrected chi connectivity index (χ0v) is 11.2. The summed E-state index contributed by atoms with van der Waals surface area (Å²) >= 11 is 0. The predicted molar refractivity (Wildman–Crippen MR) is 66.4 cm³/mol. The lowest BCUT2D eigenvalue weighted by Gasteiger charge is -2.25. The van der Waals surface area contributed by atoms with E-state index in [4.69, 9.17) is 5.11 Å². The fraction of sp³-hybridized carbons (Fsp3) is 0.833. The fourth-order valence-corrected chi connectivity index (χ4v) is 1.50. The molecular formula is C12H24N2O3. The van der Waals surface area contributed by atoms with Gasteiger partial charge in [-0.05, 0) is 25.2 Å². The number of hydrogen-bond donors (Lipinski definition) is 3. The Morgan fingerprint density at radius 2 is 1.94 bits per heavy atom. The molecule has 0 saturated carbocycles. The Hall–Kier alpha value is -1.10. The smallest absolute Gasteiger partial charge is 0.242 e. The highest BCUT2D eigenvalue weighted by molar-refractivity contribution is 5.86. The van der Waals surface area contributed by atoms with Crippen molar-refractivity contribution in [1.29, 1.82) is 0 Å². The van der Waals surface area contributed by atoms with Crippen LogP contribution < -0.4 is 10.6 Å². The largest absolute Gasteiger partial charge is 0.396 e. The van der Waals surface area contributed by atoms with Crippen molar-refractivity contribution in [1.82, 2.24) is 10.6 Å². The number of hydrogen-bond acceptors (Lipinski definition) is 3. The molecule has 0 fully saturated rings. The van der Waals surface area contributed by atoms with Gasteiger partial charge in [0.15, 0.2) is 0 Å². The second-order valence-electron chi connectivity index (χ2n) is 5.13. The van der Waals surface area contributed by atoms with E-state index < -0.39 is 6.04 Å². The van der Waals surface area contributed by atoms with E-state index in [1.54, 1.807) is 6.92 Å². The minimum Gasteiger partial charge on any atom is -0.396 e. The van der Waals surface area contributed by atoms with Crippen LogP contribution in [0.25, 0.3) is 0 Å². The number of aliphatic hydroxyl groups is 1. The molecule has 5 heteroatoms. The molecule has 0 heterocycles. The summed E-state index contributed by atoms with van der Waals surface area (Å²) in [6.07, 6.45) is 1.57. The first-order valence-corrected chi connectivity index (χ1v) is 5.94. The van der Waals surface area contributed by atoms with Crippen LogP contribution >= 0.6 is 0 Å². The minimum atomic E-state index is -0.513. The molecule has 0 aliphatic heterocycles. The molecule has 5 nitrogen and oxygen atoms in total. The average Bonchev–Trinajstić information content (AvgIpc) is 2.22. The van der Waals surface area contributed by atoms with Crippen molar-refractivity contribution in [2.45, 2.75) is 46.6 Å². The zero-order chi connectivity index (χ0) is 13.5. The maximum atomic E-state index is 11.6. The van der Waals surface area contributed by atoms with E-state index >= 15 is 0 Å². The van der Waals surface area contributed by atoms with E-state index in [-0.39, 0.29) is 23.8 Å². The molecule has 0 saturated heterocycles. The van der Waals surface area contributed by atoms with Gasteiger partial charge in [-0.3, -0.25) is 9.59 Å². The van der Waals surface area contributed by atoms with Crippen LogP contribution in [0.5, 0.6) is 0 Å². The molecule has 17 heavy (non-hydrogen) atoms. The molecule has 0 aromatic heterocycles. The first kappa shape index (κ1) is 15.9. The molecule has 0 radical (unpaired) electrons. The highest BCUT2D eigenvalue weighted by atomic mass is 16.3. The second-order valence-corrected chi connectivity index (χ2v) is 5.13. The van der Waals surface area contributed by atoms with Crippen LogP contribution in [0.1, 0.15) is 40.5 Å². The van der Waals surface area contributed by atoms with Gasteiger partial charge in [0.05, 0.1) is 0 Å². The minimum absolute atomic E-state index is 0.0473. The molecule has 2 amide bonds. The van der Waals surface area contributed by atoms with Crippen LogP contribution in [-0.2, 0) is 9.59 Å². The maximum absolute atomic E-state index is 11.6. The molecule has 0 rings (SSSR count). The van der Waals surface area contributed by atoms with E-state index in [1.165, 1.54) is 6.92 Å². The highest BCUT2D eigenvalue weighted by Gasteiger charge is 2.20. The topological polar surface area (TPSA) is 78.4 Å². The Bertz CT molecular complexity index is 264. The summed E-state index contributed by atoms with van der Waals surface area (Å²) in [6.45, 7) is 7.81. The van der Waals surface area contributed by atoms with E-state index in [0.29, 0.717) is 6.54 Å². The summed E-state index contributed by atoms with van der Waals surface area (Å²) in [5.74, 6) is -0.399. The van der Waals surface area contributed by atoms with E-state index in [9.17, 15) is 9.59 Å². The first-order valence-electron chi connectivity index (χ1n) is 5.94. The van der Waals surface area contributed by atoms with Gasteiger partial charge in [0, 0.05) is 20.1 Å². The van der Waals surface area contributed by atoms with Crippen molar-refractivity contribution in [2.75, 3.05) is 13.2 Å². The van der Waals surface area contributed by atoms with Crippen LogP contribution in [0.3, 0.4) is 0 Å². The molecule has 1 atom stereocenters. The molecule has 0 aromatic carbocycles. The third-order valence-corrected chi connectivity index (χ3v) is 2.57. The van der Waals surface area contributed by atoms with Gasteiger partial charge in [-0.2, -0.15) is 0 Å². The molecule has 0 bridgehead atoms.